The molecule has 2 aromatic carbocycles. The standard InChI is InChI=1S/C16H17F3N2O3S/c17-14-10-13(6-7-15(14)24-16(18)19)25(22,23)21(9-8-20)11-12-4-2-1-3-5-12/h1-7,10,16H,8-9,11,20H2. The van der Waals surface area contributed by atoms with Crippen molar-refractivity contribution in [2.24, 2.45) is 5.73 Å². The van der Waals surface area contributed by atoms with Gasteiger partial charge in [0.2, 0.25) is 10.0 Å². The van der Waals surface area contributed by atoms with Gasteiger partial charge in [0.05, 0.1) is 4.90 Å². The van der Waals surface area contributed by atoms with E-state index in [0.29, 0.717) is 6.07 Å². The number of alkyl halides is 2. The zero-order valence-electron chi connectivity index (χ0n) is 13.1. The fraction of sp³-hybridized carbons (Fsp3) is 0.250. The van der Waals surface area contributed by atoms with Gasteiger partial charge >= 0.3 is 6.61 Å². The van der Waals surface area contributed by atoms with Crippen molar-refractivity contribution in [3.05, 3.63) is 59.9 Å². The first-order chi connectivity index (χ1) is 11.8. The first-order valence-corrected chi connectivity index (χ1v) is 8.77. The van der Waals surface area contributed by atoms with Gasteiger partial charge in [0, 0.05) is 19.6 Å². The molecule has 0 saturated heterocycles. The molecule has 0 aliphatic heterocycles. The highest BCUT2D eigenvalue weighted by atomic mass is 32.2. The summed E-state index contributed by atoms with van der Waals surface area (Å²) >= 11 is 0. The van der Waals surface area contributed by atoms with E-state index >= 15 is 0 Å². The Morgan fingerprint density at radius 1 is 1.12 bits per heavy atom. The van der Waals surface area contributed by atoms with Crippen LogP contribution in [0.5, 0.6) is 5.75 Å². The fourth-order valence-electron chi connectivity index (χ4n) is 2.20. The molecular weight excluding hydrogens is 357 g/mol. The summed E-state index contributed by atoms with van der Waals surface area (Å²) in [6.45, 7) is -3.06. The number of hydrogen-bond donors (Lipinski definition) is 1. The number of halogens is 3. The molecule has 0 spiro atoms. The Bertz CT molecular complexity index is 802. The van der Waals surface area contributed by atoms with Crippen LogP contribution in [0.2, 0.25) is 0 Å². The van der Waals surface area contributed by atoms with Crippen LogP contribution in [0.3, 0.4) is 0 Å². The molecule has 0 unspecified atom stereocenters. The van der Waals surface area contributed by atoms with E-state index in [-0.39, 0.29) is 24.5 Å². The van der Waals surface area contributed by atoms with Crippen molar-refractivity contribution in [2.75, 3.05) is 13.1 Å². The summed E-state index contributed by atoms with van der Waals surface area (Å²) in [5.41, 5.74) is 6.22. The van der Waals surface area contributed by atoms with Crippen molar-refractivity contribution in [3.8, 4) is 5.75 Å². The maximum absolute atomic E-state index is 13.9. The zero-order valence-corrected chi connectivity index (χ0v) is 13.9. The Labute approximate surface area is 143 Å². The summed E-state index contributed by atoms with van der Waals surface area (Å²) in [5.74, 6) is -1.91. The minimum absolute atomic E-state index is 0.0220. The second kappa shape index (κ2) is 8.32. The second-order valence-electron chi connectivity index (χ2n) is 5.08. The maximum Gasteiger partial charge on any atom is 0.387 e. The van der Waals surface area contributed by atoms with Gasteiger partial charge in [-0.15, -0.1) is 0 Å². The zero-order chi connectivity index (χ0) is 18.4. The molecule has 0 aliphatic carbocycles. The van der Waals surface area contributed by atoms with Crippen LogP contribution >= 0.6 is 0 Å². The van der Waals surface area contributed by atoms with Crippen LogP contribution in [-0.4, -0.2) is 32.4 Å². The van der Waals surface area contributed by atoms with Crippen molar-refractivity contribution < 1.29 is 26.3 Å². The molecule has 0 saturated carbocycles. The maximum atomic E-state index is 13.9. The lowest BCUT2D eigenvalue weighted by molar-refractivity contribution is -0.0522. The number of ether oxygens (including phenoxy) is 1. The van der Waals surface area contributed by atoms with Crippen LogP contribution in [0.25, 0.3) is 0 Å². The Hall–Kier alpha value is -2.10. The molecule has 2 aromatic rings. The number of sulfonamides is 1. The van der Waals surface area contributed by atoms with Gasteiger partial charge in [-0.25, -0.2) is 12.8 Å². The van der Waals surface area contributed by atoms with Gasteiger partial charge < -0.3 is 10.5 Å². The molecule has 0 bridgehead atoms. The fourth-order valence-corrected chi connectivity index (χ4v) is 3.65. The number of nitrogens with two attached hydrogens (primary N) is 1. The van der Waals surface area contributed by atoms with E-state index in [2.05, 4.69) is 4.74 Å². The molecule has 0 radical (unpaired) electrons. The molecule has 2 N–H and O–H groups in total. The molecule has 0 heterocycles. The molecular formula is C16H17F3N2O3S. The first kappa shape index (κ1) is 19.2. The van der Waals surface area contributed by atoms with Gasteiger partial charge in [0.15, 0.2) is 11.6 Å². The molecule has 0 amide bonds. The Morgan fingerprint density at radius 2 is 1.80 bits per heavy atom. The summed E-state index contributed by atoms with van der Waals surface area (Å²) < 4.78 is 68.7. The highest BCUT2D eigenvalue weighted by Crippen LogP contribution is 2.25. The molecule has 0 aliphatic rings. The van der Waals surface area contributed by atoms with Crippen LogP contribution in [0.1, 0.15) is 5.56 Å². The SMILES string of the molecule is NCCN(Cc1ccccc1)S(=O)(=O)c1ccc(OC(F)F)c(F)c1. The van der Waals surface area contributed by atoms with E-state index in [1.165, 1.54) is 0 Å². The summed E-state index contributed by atoms with van der Waals surface area (Å²) in [4.78, 5) is -0.365. The number of benzene rings is 2. The topological polar surface area (TPSA) is 72.6 Å². The molecule has 0 aromatic heterocycles. The minimum atomic E-state index is -4.06. The Balaban J connectivity index is 2.31. The average Bonchev–Trinajstić information content (AvgIpc) is 2.57. The van der Waals surface area contributed by atoms with Crippen LogP contribution in [0.15, 0.2) is 53.4 Å². The summed E-state index contributed by atoms with van der Waals surface area (Å²) in [6, 6.07) is 11.3. The molecule has 2 rings (SSSR count). The van der Waals surface area contributed by atoms with Crippen molar-refractivity contribution >= 4 is 10.0 Å². The normalized spacial score (nSPS) is 11.9. The van der Waals surface area contributed by atoms with Crippen LogP contribution < -0.4 is 10.5 Å². The third-order valence-electron chi connectivity index (χ3n) is 3.34. The van der Waals surface area contributed by atoms with Crippen molar-refractivity contribution in [1.82, 2.24) is 4.31 Å². The van der Waals surface area contributed by atoms with Gasteiger partial charge in [-0.1, -0.05) is 30.3 Å². The Kier molecular flexibility index (Phi) is 6.40. The predicted octanol–water partition coefficient (Wildman–Crippen LogP) is 2.58. The molecule has 136 valence electrons. The molecule has 0 atom stereocenters. The van der Waals surface area contributed by atoms with Gasteiger partial charge in [0.1, 0.15) is 0 Å². The van der Waals surface area contributed by atoms with Gasteiger partial charge in [-0.2, -0.15) is 13.1 Å². The monoisotopic (exact) mass is 374 g/mol. The third-order valence-corrected chi connectivity index (χ3v) is 5.18. The average molecular weight is 374 g/mol. The lowest BCUT2D eigenvalue weighted by atomic mass is 10.2. The minimum Gasteiger partial charge on any atom is -0.432 e. The lowest BCUT2D eigenvalue weighted by Crippen LogP contribution is -2.35. The van der Waals surface area contributed by atoms with Crippen LogP contribution in [0.4, 0.5) is 13.2 Å². The van der Waals surface area contributed by atoms with E-state index < -0.39 is 28.2 Å². The van der Waals surface area contributed by atoms with Crippen LogP contribution in [-0.2, 0) is 16.6 Å². The third kappa shape index (κ3) is 4.94. The summed E-state index contributed by atoms with van der Waals surface area (Å²) in [6.07, 6.45) is 0. The second-order valence-corrected chi connectivity index (χ2v) is 7.02. The quantitative estimate of drug-likeness (QED) is 0.771. The van der Waals surface area contributed by atoms with Gasteiger partial charge in [-0.3, -0.25) is 0 Å². The summed E-state index contributed by atoms with van der Waals surface area (Å²) in [7, 11) is -4.06. The molecule has 5 nitrogen and oxygen atoms in total. The van der Waals surface area contributed by atoms with Crippen molar-refractivity contribution in [2.45, 2.75) is 18.1 Å². The van der Waals surface area contributed by atoms with E-state index in [1.807, 2.05) is 0 Å². The molecule has 25 heavy (non-hydrogen) atoms. The number of hydrogen-bond acceptors (Lipinski definition) is 4. The van der Waals surface area contributed by atoms with Crippen LogP contribution in [0, 0.1) is 5.82 Å². The smallest absolute Gasteiger partial charge is 0.387 e. The van der Waals surface area contributed by atoms with Gasteiger partial charge in [-0.05, 0) is 23.8 Å². The number of rotatable bonds is 8. The highest BCUT2D eigenvalue weighted by Gasteiger charge is 2.25. The predicted molar refractivity (Wildman–Crippen MR) is 86.1 cm³/mol. The molecule has 0 fully saturated rings. The van der Waals surface area contributed by atoms with E-state index in [4.69, 9.17) is 5.73 Å². The Morgan fingerprint density at radius 3 is 2.36 bits per heavy atom. The van der Waals surface area contributed by atoms with Gasteiger partial charge in [0.25, 0.3) is 0 Å². The largest absolute Gasteiger partial charge is 0.432 e. The summed E-state index contributed by atoms with van der Waals surface area (Å²) in [5, 5.41) is 0. The number of nitrogens with zero attached hydrogens (tertiary/aromatic N) is 1. The van der Waals surface area contributed by atoms with E-state index in [9.17, 15) is 21.6 Å². The first-order valence-electron chi connectivity index (χ1n) is 7.33. The van der Waals surface area contributed by atoms with Crippen molar-refractivity contribution in [1.29, 1.82) is 0 Å². The molecule has 9 heteroatoms. The van der Waals surface area contributed by atoms with E-state index in [0.717, 1.165) is 22.0 Å². The highest BCUT2D eigenvalue weighted by molar-refractivity contribution is 7.89. The van der Waals surface area contributed by atoms with Crippen molar-refractivity contribution in [3.63, 3.8) is 0 Å². The lowest BCUT2D eigenvalue weighted by Gasteiger charge is -2.22. The van der Waals surface area contributed by atoms with E-state index in [1.54, 1.807) is 30.3 Å².